The predicted octanol–water partition coefficient (Wildman–Crippen LogP) is 4.23. The zero-order valence-electron chi connectivity index (χ0n) is 18.2. The molecule has 0 fully saturated rings. The van der Waals surface area contributed by atoms with Gasteiger partial charge in [-0.15, -0.1) is 0 Å². The molecule has 0 saturated heterocycles. The van der Waals surface area contributed by atoms with Gasteiger partial charge in [0.25, 0.3) is 0 Å². The van der Waals surface area contributed by atoms with Crippen LogP contribution < -0.4 is 9.47 Å². The Morgan fingerprint density at radius 2 is 1.70 bits per heavy atom. The van der Waals surface area contributed by atoms with Gasteiger partial charge in [-0.05, 0) is 57.8 Å². The van der Waals surface area contributed by atoms with Crippen LogP contribution in [0.5, 0.6) is 11.5 Å². The molecular formula is C24H31FN2O3. The fourth-order valence-corrected chi connectivity index (χ4v) is 2.86. The first kappa shape index (κ1) is 23.4. The molecule has 2 aromatic carbocycles. The molecule has 0 radical (unpaired) electrons. The lowest BCUT2D eigenvalue weighted by Gasteiger charge is -2.23. The number of halogens is 1. The van der Waals surface area contributed by atoms with E-state index in [9.17, 15) is 9.18 Å². The summed E-state index contributed by atoms with van der Waals surface area (Å²) in [5.41, 5.74) is 1.33. The molecule has 0 aliphatic carbocycles. The predicted molar refractivity (Wildman–Crippen MR) is 118 cm³/mol. The van der Waals surface area contributed by atoms with Crippen molar-refractivity contribution in [1.82, 2.24) is 9.80 Å². The molecule has 0 bridgehead atoms. The average Bonchev–Trinajstić information content (AvgIpc) is 2.72. The van der Waals surface area contributed by atoms with E-state index in [1.165, 1.54) is 12.1 Å². The van der Waals surface area contributed by atoms with Crippen LogP contribution in [0.1, 0.15) is 25.0 Å². The van der Waals surface area contributed by atoms with Gasteiger partial charge in [-0.25, -0.2) is 4.39 Å². The first-order chi connectivity index (χ1) is 14.4. The van der Waals surface area contributed by atoms with Crippen molar-refractivity contribution in [3.8, 4) is 11.5 Å². The average molecular weight is 415 g/mol. The molecule has 2 rings (SSSR count). The third kappa shape index (κ3) is 7.19. The molecule has 0 aliphatic rings. The molecule has 0 unspecified atom stereocenters. The van der Waals surface area contributed by atoms with Crippen molar-refractivity contribution in [1.29, 1.82) is 0 Å². The van der Waals surface area contributed by atoms with Gasteiger partial charge in [0.15, 0.2) is 11.5 Å². The van der Waals surface area contributed by atoms with E-state index in [0.717, 1.165) is 5.56 Å². The third-order valence-electron chi connectivity index (χ3n) is 4.43. The second kappa shape index (κ2) is 12.0. The van der Waals surface area contributed by atoms with Gasteiger partial charge >= 0.3 is 0 Å². The van der Waals surface area contributed by atoms with Crippen LogP contribution in [0.25, 0.3) is 6.08 Å². The fraction of sp³-hybridized carbons (Fsp3) is 0.375. The number of nitrogens with zero attached hydrogens (tertiary/aromatic N) is 2. The van der Waals surface area contributed by atoms with Crippen LogP contribution >= 0.6 is 0 Å². The quantitative estimate of drug-likeness (QED) is 0.516. The summed E-state index contributed by atoms with van der Waals surface area (Å²) in [5, 5.41) is 0. The van der Waals surface area contributed by atoms with Gasteiger partial charge in [0.2, 0.25) is 5.91 Å². The van der Waals surface area contributed by atoms with Crippen LogP contribution in [-0.2, 0) is 11.3 Å². The van der Waals surface area contributed by atoms with Crippen LogP contribution in [0.3, 0.4) is 0 Å². The maximum atomic E-state index is 14.1. The number of hydrogen-bond donors (Lipinski definition) is 0. The van der Waals surface area contributed by atoms with Crippen molar-refractivity contribution in [3.63, 3.8) is 0 Å². The number of benzene rings is 2. The highest BCUT2D eigenvalue weighted by Gasteiger charge is 2.14. The lowest BCUT2D eigenvalue weighted by molar-refractivity contribution is -0.126. The maximum Gasteiger partial charge on any atom is 0.246 e. The molecule has 0 aliphatic heterocycles. The van der Waals surface area contributed by atoms with Crippen molar-refractivity contribution >= 4 is 12.0 Å². The molecule has 30 heavy (non-hydrogen) atoms. The van der Waals surface area contributed by atoms with Gasteiger partial charge in [0, 0.05) is 31.3 Å². The van der Waals surface area contributed by atoms with E-state index in [0.29, 0.717) is 43.4 Å². The van der Waals surface area contributed by atoms with Gasteiger partial charge in [-0.1, -0.05) is 24.3 Å². The van der Waals surface area contributed by atoms with Crippen molar-refractivity contribution in [2.24, 2.45) is 0 Å². The zero-order valence-corrected chi connectivity index (χ0v) is 18.2. The molecule has 1 amide bonds. The van der Waals surface area contributed by atoms with Crippen molar-refractivity contribution < 1.29 is 18.7 Å². The van der Waals surface area contributed by atoms with Crippen LogP contribution in [0.15, 0.2) is 48.5 Å². The Hall–Kier alpha value is -2.86. The van der Waals surface area contributed by atoms with Crippen molar-refractivity contribution in [2.75, 3.05) is 40.4 Å². The first-order valence-electron chi connectivity index (χ1n) is 10.2. The number of hydrogen-bond acceptors (Lipinski definition) is 4. The van der Waals surface area contributed by atoms with Crippen LogP contribution in [0.4, 0.5) is 4.39 Å². The highest BCUT2D eigenvalue weighted by molar-refractivity contribution is 5.91. The van der Waals surface area contributed by atoms with E-state index >= 15 is 0 Å². The highest BCUT2D eigenvalue weighted by atomic mass is 19.1. The van der Waals surface area contributed by atoms with Gasteiger partial charge in [-0.3, -0.25) is 4.79 Å². The minimum absolute atomic E-state index is 0.174. The largest absolute Gasteiger partial charge is 0.490 e. The fourth-order valence-electron chi connectivity index (χ4n) is 2.86. The van der Waals surface area contributed by atoms with Gasteiger partial charge < -0.3 is 19.3 Å². The Labute approximate surface area is 178 Å². The Bertz CT molecular complexity index is 852. The minimum atomic E-state index is -0.308. The molecule has 162 valence electrons. The molecule has 0 N–H and O–H groups in total. The zero-order chi connectivity index (χ0) is 21.9. The third-order valence-corrected chi connectivity index (χ3v) is 4.43. The summed E-state index contributed by atoms with van der Waals surface area (Å²) in [5.74, 6) is 0.837. The number of amides is 1. The van der Waals surface area contributed by atoms with E-state index in [2.05, 4.69) is 0 Å². The second-order valence-electron chi connectivity index (χ2n) is 7.06. The van der Waals surface area contributed by atoms with E-state index < -0.39 is 0 Å². The summed E-state index contributed by atoms with van der Waals surface area (Å²) in [6.45, 7) is 6.30. The molecule has 0 spiro atoms. The number of carbonyl (C=O) groups is 1. The minimum Gasteiger partial charge on any atom is -0.490 e. The van der Waals surface area contributed by atoms with E-state index in [4.69, 9.17) is 9.47 Å². The molecule has 6 heteroatoms. The highest BCUT2D eigenvalue weighted by Crippen LogP contribution is 2.29. The summed E-state index contributed by atoms with van der Waals surface area (Å²) in [6, 6.07) is 12.1. The van der Waals surface area contributed by atoms with Crippen LogP contribution in [-0.4, -0.2) is 56.1 Å². The van der Waals surface area contributed by atoms with Crippen LogP contribution in [0, 0.1) is 5.82 Å². The van der Waals surface area contributed by atoms with E-state index in [1.807, 2.05) is 51.0 Å². The molecule has 0 atom stereocenters. The summed E-state index contributed by atoms with van der Waals surface area (Å²) >= 11 is 0. The molecule has 2 aromatic rings. The number of ether oxygens (including phenoxy) is 2. The number of rotatable bonds is 11. The molecule has 0 saturated carbocycles. The van der Waals surface area contributed by atoms with Gasteiger partial charge in [0.1, 0.15) is 5.82 Å². The first-order valence-corrected chi connectivity index (χ1v) is 10.2. The van der Waals surface area contributed by atoms with E-state index in [1.54, 1.807) is 29.2 Å². The Morgan fingerprint density at radius 1 is 1.00 bits per heavy atom. The molecule has 0 aromatic heterocycles. The number of carbonyl (C=O) groups excluding carboxylic acids is 1. The SMILES string of the molecule is CCOc1ccc(/C=C/C(=O)N(CCN(C)C)Cc2ccccc2F)cc1OCC. The normalized spacial score (nSPS) is 11.1. The maximum absolute atomic E-state index is 14.1. The van der Waals surface area contributed by atoms with Crippen LogP contribution in [0.2, 0.25) is 0 Å². The van der Waals surface area contributed by atoms with Gasteiger partial charge in [0.05, 0.1) is 13.2 Å². The second-order valence-corrected chi connectivity index (χ2v) is 7.06. The smallest absolute Gasteiger partial charge is 0.246 e. The monoisotopic (exact) mass is 414 g/mol. The number of likely N-dealkylation sites (N-methyl/N-ethyl adjacent to an activating group) is 1. The lowest BCUT2D eigenvalue weighted by Crippen LogP contribution is -2.35. The van der Waals surface area contributed by atoms with Crippen molar-refractivity contribution in [2.45, 2.75) is 20.4 Å². The Kier molecular flexibility index (Phi) is 9.35. The molecule has 5 nitrogen and oxygen atoms in total. The van der Waals surface area contributed by atoms with Gasteiger partial charge in [-0.2, -0.15) is 0 Å². The summed E-state index contributed by atoms with van der Waals surface area (Å²) in [6.07, 6.45) is 3.26. The molecular weight excluding hydrogens is 383 g/mol. The topological polar surface area (TPSA) is 42.0 Å². The standard InChI is InChI=1S/C24H31FN2O3/c1-5-29-22-13-11-19(17-23(22)30-6-2)12-14-24(28)27(16-15-26(3)4)18-20-9-7-8-10-21(20)25/h7-14,17H,5-6,15-16,18H2,1-4H3/b14-12+. The lowest BCUT2D eigenvalue weighted by atomic mass is 10.1. The summed E-state index contributed by atoms with van der Waals surface area (Å²) in [7, 11) is 3.88. The summed E-state index contributed by atoms with van der Waals surface area (Å²) < 4.78 is 25.3. The van der Waals surface area contributed by atoms with Crippen molar-refractivity contribution in [3.05, 3.63) is 65.5 Å². The molecule has 0 heterocycles. The van der Waals surface area contributed by atoms with E-state index in [-0.39, 0.29) is 18.3 Å². The Morgan fingerprint density at radius 3 is 2.37 bits per heavy atom. The summed E-state index contributed by atoms with van der Waals surface area (Å²) in [4.78, 5) is 16.5. The Balaban J connectivity index is 2.17.